The number of phosphoric ester groups is 1. The van der Waals surface area contributed by atoms with Gasteiger partial charge in [0.1, 0.15) is 0 Å². The maximum atomic E-state index is 10.8. The summed E-state index contributed by atoms with van der Waals surface area (Å²) in [5.41, 5.74) is 0. The number of carbonyl (C=O) groups is 1. The van der Waals surface area contributed by atoms with Gasteiger partial charge in [-0.3, -0.25) is 9.79 Å². The minimum atomic E-state index is -5.09. The monoisotopic (exact) mass is 260 g/mol. The van der Waals surface area contributed by atoms with Gasteiger partial charge in [0.15, 0.2) is 6.10 Å². The highest BCUT2D eigenvalue weighted by Crippen LogP contribution is 2.36. The van der Waals surface area contributed by atoms with Crippen LogP contribution in [0.5, 0.6) is 0 Å². The number of hydrogen-bond donors (Lipinski definition) is 6. The van der Waals surface area contributed by atoms with E-state index in [1.807, 2.05) is 0 Å². The summed E-state index contributed by atoms with van der Waals surface area (Å²) in [6.07, 6.45) is -5.93. The second kappa shape index (κ2) is 6.26. The quantitative estimate of drug-likeness (QED) is 0.274. The van der Waals surface area contributed by atoms with Gasteiger partial charge in [0.2, 0.25) is 0 Å². The second-order valence-corrected chi connectivity index (χ2v) is 4.15. The van der Waals surface area contributed by atoms with Crippen LogP contribution in [0, 0.1) is 0 Å². The maximum Gasteiger partial charge on any atom is 0.527 e. The normalized spacial score (nSPS) is 17.6. The van der Waals surface area contributed by atoms with Crippen molar-refractivity contribution in [3.8, 4) is 0 Å². The zero-order valence-electron chi connectivity index (χ0n) is 8.00. The van der Waals surface area contributed by atoms with Crippen molar-refractivity contribution >= 4 is 13.8 Å². The van der Waals surface area contributed by atoms with Crippen LogP contribution in [0.4, 0.5) is 0 Å². The van der Waals surface area contributed by atoms with E-state index in [1.165, 1.54) is 0 Å². The fraction of sp³-hybridized carbons (Fsp3) is 0.833. The highest BCUT2D eigenvalue weighted by molar-refractivity contribution is 7.46. The Morgan fingerprint density at radius 1 is 1.25 bits per heavy atom. The molecule has 0 fully saturated rings. The van der Waals surface area contributed by atoms with E-state index in [0.717, 1.165) is 0 Å². The molecule has 0 bridgehead atoms. The average Bonchev–Trinajstić information content (AvgIpc) is 2.13. The molecule has 0 heterocycles. The molecule has 10 heteroatoms. The minimum Gasteiger partial charge on any atom is -0.394 e. The molecule has 96 valence electrons. The molecule has 0 saturated carbocycles. The Balaban J connectivity index is 4.27. The lowest BCUT2D eigenvalue weighted by Gasteiger charge is -2.18. The number of phosphoric acid groups is 1. The van der Waals surface area contributed by atoms with Crippen molar-refractivity contribution in [2.45, 2.75) is 24.7 Å². The third-order valence-electron chi connectivity index (χ3n) is 1.54. The largest absolute Gasteiger partial charge is 0.527 e. The molecule has 0 spiro atoms. The van der Waals surface area contributed by atoms with Crippen LogP contribution in [0.1, 0.15) is 6.42 Å². The van der Waals surface area contributed by atoms with Gasteiger partial charge >= 0.3 is 13.8 Å². The highest BCUT2D eigenvalue weighted by Gasteiger charge is 2.32. The Labute approximate surface area is 90.2 Å². The van der Waals surface area contributed by atoms with Gasteiger partial charge in [0.25, 0.3) is 0 Å². The van der Waals surface area contributed by atoms with Crippen molar-refractivity contribution in [1.29, 1.82) is 0 Å². The summed E-state index contributed by atoms with van der Waals surface area (Å²) >= 11 is 0. The third kappa shape index (κ3) is 6.13. The molecule has 0 amide bonds. The number of aliphatic hydroxyl groups is 4. The molecule has 16 heavy (non-hydrogen) atoms. The van der Waals surface area contributed by atoms with Gasteiger partial charge in [-0.2, -0.15) is 0 Å². The Morgan fingerprint density at radius 3 is 2.12 bits per heavy atom. The maximum absolute atomic E-state index is 10.8. The van der Waals surface area contributed by atoms with Crippen LogP contribution in [0.25, 0.3) is 0 Å². The summed E-state index contributed by atoms with van der Waals surface area (Å²) < 4.78 is 13.7. The molecular formula is C6H13O9P. The molecule has 3 atom stereocenters. The smallest absolute Gasteiger partial charge is 0.394 e. The second-order valence-electron chi connectivity index (χ2n) is 2.99. The first kappa shape index (κ1) is 15.5. The standard InChI is InChI=1S/C6H13O9P/c7-2-3(8)1-4(9)5(10)6(11)15-16(12,13)14/h3-5,7-10H,1-2H2,(H2,12,13,14)/t3-,4-,5+/m0/s1. The van der Waals surface area contributed by atoms with Crippen LogP contribution >= 0.6 is 7.82 Å². The third-order valence-corrected chi connectivity index (χ3v) is 1.96. The zero-order valence-corrected chi connectivity index (χ0v) is 8.90. The fourth-order valence-corrected chi connectivity index (χ4v) is 1.15. The number of carbonyl (C=O) groups excluding carboxylic acids is 1. The van der Waals surface area contributed by atoms with Gasteiger partial charge in [-0.05, 0) is 0 Å². The summed E-state index contributed by atoms with van der Waals surface area (Å²) in [4.78, 5) is 27.3. The fourth-order valence-electron chi connectivity index (χ4n) is 0.810. The van der Waals surface area contributed by atoms with Crippen LogP contribution in [-0.2, 0) is 13.9 Å². The molecule has 0 radical (unpaired) electrons. The lowest BCUT2D eigenvalue weighted by atomic mass is 10.1. The Bertz CT molecular complexity index is 273. The summed E-state index contributed by atoms with van der Waals surface area (Å²) in [6.45, 7) is -0.697. The van der Waals surface area contributed by atoms with E-state index in [-0.39, 0.29) is 0 Å². The summed E-state index contributed by atoms with van der Waals surface area (Å²) in [5, 5.41) is 35.4. The van der Waals surface area contributed by atoms with Crippen molar-refractivity contribution in [2.24, 2.45) is 0 Å². The molecule has 0 aromatic heterocycles. The van der Waals surface area contributed by atoms with Crippen LogP contribution in [0.3, 0.4) is 0 Å². The first-order chi connectivity index (χ1) is 7.17. The van der Waals surface area contributed by atoms with Crippen LogP contribution in [-0.4, -0.2) is 61.1 Å². The van der Waals surface area contributed by atoms with E-state index in [2.05, 4.69) is 4.52 Å². The molecule has 0 aliphatic rings. The topological polar surface area (TPSA) is 165 Å². The van der Waals surface area contributed by atoms with E-state index >= 15 is 0 Å². The van der Waals surface area contributed by atoms with Gasteiger partial charge in [-0.15, -0.1) is 0 Å². The average molecular weight is 260 g/mol. The minimum absolute atomic E-state index is 0.548. The molecule has 0 saturated heterocycles. The molecule has 0 aliphatic carbocycles. The van der Waals surface area contributed by atoms with Crippen molar-refractivity contribution in [3.63, 3.8) is 0 Å². The van der Waals surface area contributed by atoms with Gasteiger partial charge in [-0.1, -0.05) is 0 Å². The van der Waals surface area contributed by atoms with Crippen LogP contribution in [0.15, 0.2) is 0 Å². The molecule has 0 aromatic carbocycles. The molecular weight excluding hydrogens is 247 g/mol. The van der Waals surface area contributed by atoms with E-state index in [1.54, 1.807) is 0 Å². The van der Waals surface area contributed by atoms with Crippen LogP contribution in [0.2, 0.25) is 0 Å². The van der Waals surface area contributed by atoms with E-state index in [4.69, 9.17) is 30.2 Å². The van der Waals surface area contributed by atoms with Crippen molar-refractivity contribution in [3.05, 3.63) is 0 Å². The molecule has 0 rings (SSSR count). The zero-order chi connectivity index (χ0) is 12.9. The molecule has 9 nitrogen and oxygen atoms in total. The Kier molecular flexibility index (Phi) is 6.05. The lowest BCUT2D eigenvalue weighted by molar-refractivity contribution is -0.152. The number of hydrogen-bond acceptors (Lipinski definition) is 7. The predicted molar refractivity (Wildman–Crippen MR) is 47.9 cm³/mol. The van der Waals surface area contributed by atoms with Gasteiger partial charge in [0, 0.05) is 6.42 Å². The summed E-state index contributed by atoms with van der Waals surface area (Å²) in [6, 6.07) is 0. The first-order valence-electron chi connectivity index (χ1n) is 4.11. The van der Waals surface area contributed by atoms with E-state index in [0.29, 0.717) is 0 Å². The van der Waals surface area contributed by atoms with Crippen molar-refractivity contribution in [2.75, 3.05) is 6.61 Å². The number of rotatable bonds is 6. The van der Waals surface area contributed by atoms with Crippen LogP contribution < -0.4 is 0 Å². The van der Waals surface area contributed by atoms with Gasteiger partial charge in [-0.25, -0.2) is 9.36 Å². The van der Waals surface area contributed by atoms with E-state index < -0.39 is 45.1 Å². The number of aliphatic hydroxyl groups excluding tert-OH is 4. The van der Waals surface area contributed by atoms with E-state index in [9.17, 15) is 9.36 Å². The molecule has 0 aliphatic heterocycles. The lowest BCUT2D eigenvalue weighted by Crippen LogP contribution is -2.37. The van der Waals surface area contributed by atoms with Gasteiger partial charge in [0.05, 0.1) is 18.8 Å². The predicted octanol–water partition coefficient (Wildman–Crippen LogP) is -2.91. The first-order valence-corrected chi connectivity index (χ1v) is 5.64. The molecule has 0 aromatic rings. The Hall–Kier alpha value is -0.540. The highest BCUT2D eigenvalue weighted by atomic mass is 31.2. The van der Waals surface area contributed by atoms with Gasteiger partial charge < -0.3 is 24.9 Å². The summed E-state index contributed by atoms with van der Waals surface area (Å²) in [5.74, 6) is -1.72. The molecule has 0 unspecified atom stereocenters. The Morgan fingerprint density at radius 2 is 1.75 bits per heavy atom. The molecule has 6 N–H and O–H groups in total. The van der Waals surface area contributed by atoms with Crippen molar-refractivity contribution in [1.82, 2.24) is 0 Å². The van der Waals surface area contributed by atoms with Crippen molar-refractivity contribution < 1.29 is 44.1 Å². The SMILES string of the molecule is O=C(OP(=O)(O)O)[C@H](O)[C@@H](O)C[C@H](O)CO. The summed E-state index contributed by atoms with van der Waals surface area (Å²) in [7, 11) is -5.09.